The van der Waals surface area contributed by atoms with Gasteiger partial charge in [-0.1, -0.05) is 6.07 Å². The Morgan fingerprint density at radius 3 is 2.54 bits per heavy atom. The number of carbonyl (C=O) groups excluding carboxylic acids is 1. The molecule has 2 aliphatic rings. The fraction of sp³-hybridized carbons (Fsp3) is 0.667. The number of carboxylic acid groups (broad SMARTS) is 1. The number of halogens is 3. The Morgan fingerprint density at radius 2 is 2.00 bits per heavy atom. The molecule has 2 aliphatic heterocycles. The van der Waals surface area contributed by atoms with Crippen LogP contribution < -0.4 is 5.32 Å². The van der Waals surface area contributed by atoms with E-state index in [-0.39, 0.29) is 17.6 Å². The average molecular weight is 422 g/mol. The summed E-state index contributed by atoms with van der Waals surface area (Å²) in [6.45, 7) is 2.86. The molecule has 2 N–H and O–H groups in total. The molecular weight excluding hydrogens is 397 g/mol. The van der Waals surface area contributed by atoms with Gasteiger partial charge in [-0.2, -0.15) is 13.2 Å². The summed E-state index contributed by atoms with van der Waals surface area (Å²) in [6, 6.07) is 4.15. The number of piperidine rings is 1. The van der Waals surface area contributed by atoms with E-state index in [1.165, 1.54) is 4.88 Å². The van der Waals surface area contributed by atoms with Crippen LogP contribution in [0.25, 0.3) is 0 Å². The van der Waals surface area contributed by atoms with Crippen molar-refractivity contribution < 1.29 is 32.6 Å². The van der Waals surface area contributed by atoms with Gasteiger partial charge in [0.15, 0.2) is 0 Å². The largest absolute Gasteiger partial charge is 0.490 e. The predicted octanol–water partition coefficient (Wildman–Crippen LogP) is 2.68. The molecule has 10 heteroatoms. The zero-order valence-corrected chi connectivity index (χ0v) is 16.4. The Labute approximate surface area is 165 Å². The second-order valence-electron chi connectivity index (χ2n) is 7.05. The van der Waals surface area contributed by atoms with Crippen LogP contribution >= 0.6 is 11.3 Å². The van der Waals surface area contributed by atoms with E-state index in [1.807, 2.05) is 6.07 Å². The molecule has 0 bridgehead atoms. The normalized spacial score (nSPS) is 21.8. The lowest BCUT2D eigenvalue weighted by Gasteiger charge is -2.37. The number of aliphatic carboxylic acids is 1. The molecule has 1 amide bonds. The van der Waals surface area contributed by atoms with E-state index in [4.69, 9.17) is 14.6 Å². The van der Waals surface area contributed by atoms with Crippen molar-refractivity contribution in [2.24, 2.45) is 0 Å². The molecule has 1 aromatic heterocycles. The summed E-state index contributed by atoms with van der Waals surface area (Å²) in [7, 11) is 2.15. The van der Waals surface area contributed by atoms with Crippen molar-refractivity contribution in [3.05, 3.63) is 22.4 Å². The van der Waals surface area contributed by atoms with Gasteiger partial charge in [0.05, 0.1) is 5.60 Å². The number of hydrogen-bond acceptors (Lipinski definition) is 5. The van der Waals surface area contributed by atoms with Crippen LogP contribution in [0.1, 0.15) is 30.6 Å². The van der Waals surface area contributed by atoms with Crippen molar-refractivity contribution in [1.29, 1.82) is 0 Å². The monoisotopic (exact) mass is 422 g/mol. The van der Waals surface area contributed by atoms with Gasteiger partial charge < -0.3 is 20.1 Å². The molecule has 0 aliphatic carbocycles. The van der Waals surface area contributed by atoms with Crippen LogP contribution in [0.15, 0.2) is 17.5 Å². The second kappa shape index (κ2) is 9.71. The van der Waals surface area contributed by atoms with Gasteiger partial charge >= 0.3 is 12.1 Å². The van der Waals surface area contributed by atoms with Crippen molar-refractivity contribution in [2.45, 2.75) is 50.0 Å². The Kier molecular flexibility index (Phi) is 7.85. The van der Waals surface area contributed by atoms with Gasteiger partial charge in [-0.25, -0.2) is 4.79 Å². The predicted molar refractivity (Wildman–Crippen MR) is 98.3 cm³/mol. The third kappa shape index (κ3) is 6.75. The lowest BCUT2D eigenvalue weighted by molar-refractivity contribution is -0.192. The summed E-state index contributed by atoms with van der Waals surface area (Å²) < 4.78 is 37.9. The topological polar surface area (TPSA) is 78.9 Å². The summed E-state index contributed by atoms with van der Waals surface area (Å²) in [5, 5.41) is 12.2. The molecule has 6 nitrogen and oxygen atoms in total. The molecule has 1 aromatic rings. The Morgan fingerprint density at radius 1 is 1.36 bits per heavy atom. The van der Waals surface area contributed by atoms with Crippen LogP contribution in [-0.2, 0) is 20.7 Å². The zero-order valence-electron chi connectivity index (χ0n) is 15.6. The molecule has 0 saturated carbocycles. The molecular formula is C18H25F3N2O4S. The first-order valence-corrected chi connectivity index (χ1v) is 9.96. The molecule has 0 radical (unpaired) electrons. The number of carboxylic acids is 1. The highest BCUT2D eigenvalue weighted by Crippen LogP contribution is 2.38. The van der Waals surface area contributed by atoms with E-state index in [1.54, 1.807) is 11.3 Å². The third-order valence-corrected chi connectivity index (χ3v) is 5.87. The van der Waals surface area contributed by atoms with E-state index in [2.05, 4.69) is 28.7 Å². The summed E-state index contributed by atoms with van der Waals surface area (Å²) in [4.78, 5) is 24.8. The van der Waals surface area contributed by atoms with Crippen molar-refractivity contribution in [1.82, 2.24) is 10.2 Å². The number of likely N-dealkylation sites (tertiary alicyclic amines) is 1. The van der Waals surface area contributed by atoms with Gasteiger partial charge in [0, 0.05) is 24.5 Å². The number of nitrogens with one attached hydrogen (secondary N) is 1. The molecule has 2 saturated heterocycles. The smallest absolute Gasteiger partial charge is 0.475 e. The standard InChI is InChI=1S/C16H24N2O2S.C2HF3O2/c1-18-10-7-16(8-11-18)6-4-14(20-16)15(19)17-9-5-13-3-2-12-21-13;3-2(4,5)1(6)7/h2-3,12,14H,4-11H2,1H3,(H,17,19);(H,6,7). The van der Waals surface area contributed by atoms with Crippen molar-refractivity contribution in [3.63, 3.8) is 0 Å². The molecule has 0 aromatic carbocycles. The first-order chi connectivity index (χ1) is 13.1. The van der Waals surface area contributed by atoms with Gasteiger partial charge in [0.25, 0.3) is 0 Å². The number of rotatable bonds is 4. The van der Waals surface area contributed by atoms with Crippen LogP contribution in [0, 0.1) is 0 Å². The number of thiophene rings is 1. The number of nitrogens with zero attached hydrogens (tertiary/aromatic N) is 1. The van der Waals surface area contributed by atoms with Crippen LogP contribution in [-0.4, -0.2) is 66.4 Å². The van der Waals surface area contributed by atoms with Crippen molar-refractivity contribution in [2.75, 3.05) is 26.7 Å². The van der Waals surface area contributed by atoms with Gasteiger partial charge in [-0.05, 0) is 50.6 Å². The first-order valence-electron chi connectivity index (χ1n) is 9.08. The van der Waals surface area contributed by atoms with Crippen LogP contribution in [0.4, 0.5) is 13.2 Å². The van der Waals surface area contributed by atoms with Crippen LogP contribution in [0.5, 0.6) is 0 Å². The summed E-state index contributed by atoms with van der Waals surface area (Å²) >= 11 is 1.74. The molecule has 2 fully saturated rings. The quantitative estimate of drug-likeness (QED) is 0.780. The fourth-order valence-electron chi connectivity index (χ4n) is 3.27. The lowest BCUT2D eigenvalue weighted by atomic mass is 9.89. The van der Waals surface area contributed by atoms with E-state index in [0.29, 0.717) is 6.54 Å². The minimum Gasteiger partial charge on any atom is -0.475 e. The molecule has 1 spiro atoms. The minimum absolute atomic E-state index is 0.0255. The number of amides is 1. The highest BCUT2D eigenvalue weighted by Gasteiger charge is 2.44. The van der Waals surface area contributed by atoms with E-state index >= 15 is 0 Å². The van der Waals surface area contributed by atoms with Gasteiger partial charge in [0.1, 0.15) is 6.10 Å². The molecule has 28 heavy (non-hydrogen) atoms. The number of alkyl halides is 3. The first kappa shape index (κ1) is 22.6. The van der Waals surface area contributed by atoms with Crippen molar-refractivity contribution in [3.8, 4) is 0 Å². The van der Waals surface area contributed by atoms with Gasteiger partial charge in [-0.3, -0.25) is 4.79 Å². The third-order valence-electron chi connectivity index (χ3n) is 4.94. The van der Waals surface area contributed by atoms with Gasteiger partial charge in [0.2, 0.25) is 5.91 Å². The van der Waals surface area contributed by atoms with E-state index in [9.17, 15) is 18.0 Å². The van der Waals surface area contributed by atoms with Gasteiger partial charge in [-0.15, -0.1) is 11.3 Å². The Balaban J connectivity index is 0.000000345. The number of carbonyl (C=O) groups is 2. The Hall–Kier alpha value is -1.65. The molecule has 1 unspecified atom stereocenters. The minimum atomic E-state index is -5.08. The van der Waals surface area contributed by atoms with Crippen LogP contribution in [0.2, 0.25) is 0 Å². The maximum Gasteiger partial charge on any atom is 0.490 e. The lowest BCUT2D eigenvalue weighted by Crippen LogP contribution is -2.44. The maximum absolute atomic E-state index is 12.2. The SMILES string of the molecule is CN1CCC2(CCC(C(=O)NCCc3cccs3)O2)CC1.O=C(O)C(F)(F)F. The molecule has 1 atom stereocenters. The zero-order chi connectivity index (χ0) is 20.8. The number of hydrogen-bond donors (Lipinski definition) is 2. The Bertz CT molecular complexity index is 644. The number of ether oxygens (including phenoxy) is 1. The van der Waals surface area contributed by atoms with Crippen LogP contribution in [0.3, 0.4) is 0 Å². The summed E-state index contributed by atoms with van der Waals surface area (Å²) in [6.07, 6.45) is -0.396. The average Bonchev–Trinajstić information content (AvgIpc) is 3.28. The highest BCUT2D eigenvalue weighted by atomic mass is 32.1. The van der Waals surface area contributed by atoms with E-state index < -0.39 is 12.1 Å². The molecule has 3 rings (SSSR count). The van der Waals surface area contributed by atoms with Crippen molar-refractivity contribution >= 4 is 23.2 Å². The summed E-state index contributed by atoms with van der Waals surface area (Å²) in [5.74, 6) is -2.69. The summed E-state index contributed by atoms with van der Waals surface area (Å²) in [5.41, 5.74) is -0.0255. The second-order valence-corrected chi connectivity index (χ2v) is 8.09. The van der Waals surface area contributed by atoms with E-state index in [0.717, 1.165) is 45.2 Å². The maximum atomic E-state index is 12.2. The highest BCUT2D eigenvalue weighted by molar-refractivity contribution is 7.09. The molecule has 3 heterocycles. The molecule has 158 valence electrons. The fourth-order valence-corrected chi connectivity index (χ4v) is 3.98.